The summed E-state index contributed by atoms with van der Waals surface area (Å²) in [6.45, 7) is 4.18. The zero-order valence-corrected chi connectivity index (χ0v) is 37.8. The molecule has 354 valence electrons. The van der Waals surface area contributed by atoms with Gasteiger partial charge >= 0.3 is 0 Å². The van der Waals surface area contributed by atoms with Crippen LogP contribution in [0.1, 0.15) is 60.9 Å². The summed E-state index contributed by atoms with van der Waals surface area (Å²) < 4.78 is 24.5. The third-order valence-corrected chi connectivity index (χ3v) is 10.4. The van der Waals surface area contributed by atoms with Crippen LogP contribution in [0, 0.1) is 17.7 Å². The number of aryl methyl sites for hydroxylation is 1. The molecule has 0 bridgehead atoms. The molecular formula is C44H59ClN14O7. The fraction of sp³-hybridized carbons (Fsp3) is 0.409. The van der Waals surface area contributed by atoms with Gasteiger partial charge in [0.15, 0.2) is 17.7 Å². The number of halogens is 1. The molecule has 1 aromatic heterocycles. The zero-order valence-electron chi connectivity index (χ0n) is 37.0. The number of aliphatic imine (C=N–C) groups is 1. The Bertz CT molecular complexity index is 2290. The number of aromatic nitrogens is 3. The van der Waals surface area contributed by atoms with Crippen molar-refractivity contribution in [2.45, 2.75) is 57.2 Å². The third-order valence-electron chi connectivity index (χ3n) is 10.1. The molecule has 22 heteroatoms. The van der Waals surface area contributed by atoms with Gasteiger partial charge in [0, 0.05) is 41.5 Å². The van der Waals surface area contributed by atoms with E-state index < -0.39 is 29.9 Å². The summed E-state index contributed by atoms with van der Waals surface area (Å²) in [5.74, 6) is 0.947. The van der Waals surface area contributed by atoms with Gasteiger partial charge in [0.1, 0.15) is 36.0 Å². The van der Waals surface area contributed by atoms with Gasteiger partial charge in [-0.25, -0.2) is 0 Å². The Kier molecular flexibility index (Phi) is 19.5. The molecule has 1 aliphatic heterocycles. The van der Waals surface area contributed by atoms with Crippen LogP contribution in [-0.4, -0.2) is 122 Å². The maximum Gasteiger partial charge on any atom is 0.242 e. The summed E-state index contributed by atoms with van der Waals surface area (Å²) in [6.07, 6.45) is 1.58. The molecule has 4 aromatic rings. The van der Waals surface area contributed by atoms with Crippen molar-refractivity contribution in [1.29, 1.82) is 10.8 Å². The predicted molar refractivity (Wildman–Crippen MR) is 251 cm³/mol. The summed E-state index contributed by atoms with van der Waals surface area (Å²) in [5, 5.41) is 37.7. The summed E-state index contributed by atoms with van der Waals surface area (Å²) in [4.78, 5) is 44.3. The topological polar surface area (TPSA) is 317 Å². The van der Waals surface area contributed by atoms with Crippen LogP contribution in [-0.2, 0) is 23.9 Å². The maximum atomic E-state index is 13.5. The van der Waals surface area contributed by atoms with Gasteiger partial charge in [0.25, 0.3) is 0 Å². The van der Waals surface area contributed by atoms with E-state index in [2.05, 4.69) is 36.8 Å². The largest absolute Gasteiger partial charge is 0.497 e. The first-order chi connectivity index (χ1) is 31.8. The van der Waals surface area contributed by atoms with Crippen LogP contribution in [0.4, 0.5) is 5.69 Å². The number of rotatable bonds is 26. The summed E-state index contributed by atoms with van der Waals surface area (Å²) in [6, 6.07) is 17.7. The number of amides is 3. The van der Waals surface area contributed by atoms with E-state index in [-0.39, 0.29) is 57.0 Å². The minimum atomic E-state index is -0.854. The Morgan fingerprint density at radius 2 is 1.45 bits per heavy atom. The highest BCUT2D eigenvalue weighted by Gasteiger charge is 2.30. The molecule has 3 amide bonds. The number of nitrogens with zero attached hydrogens (tertiary/aromatic N) is 4. The Morgan fingerprint density at radius 1 is 0.803 bits per heavy atom. The van der Waals surface area contributed by atoms with Crippen molar-refractivity contribution in [2.75, 3.05) is 65.1 Å². The number of hydrogen-bond donors (Lipinski definition) is 10. The van der Waals surface area contributed by atoms with E-state index in [4.69, 9.17) is 63.6 Å². The van der Waals surface area contributed by atoms with Crippen LogP contribution in [0.2, 0.25) is 5.02 Å². The van der Waals surface area contributed by atoms with Gasteiger partial charge in [-0.1, -0.05) is 23.7 Å². The molecule has 0 radical (unpaired) electrons. The quantitative estimate of drug-likeness (QED) is 0.0245. The van der Waals surface area contributed by atoms with Crippen LogP contribution >= 0.6 is 11.6 Å². The number of fused-ring (bicyclic) bond motifs is 3. The van der Waals surface area contributed by atoms with Crippen LogP contribution in [0.3, 0.4) is 0 Å². The molecule has 0 spiro atoms. The summed E-state index contributed by atoms with van der Waals surface area (Å²) >= 11 is 6.23. The number of guanidine groups is 2. The van der Waals surface area contributed by atoms with Crippen LogP contribution in [0.25, 0.3) is 5.69 Å². The lowest BCUT2D eigenvalue weighted by atomic mass is 10.00. The SMILES string of the molecule is COc1ccc2c(c1)C(c1ccc(Cl)cc1)=N[C@@H](CC(=O)Nc1ccc(OCCOCCOCCNC(=O)C(CCCNC(=N)N)NC(=O)C(N)CCCNC(=N)N)cc1)c1nnc(C)n1-2. The van der Waals surface area contributed by atoms with Crippen LogP contribution in [0.15, 0.2) is 71.7 Å². The lowest BCUT2D eigenvalue weighted by Gasteiger charge is -2.21. The zero-order chi connectivity index (χ0) is 47.4. The van der Waals surface area contributed by atoms with Crippen molar-refractivity contribution in [1.82, 2.24) is 36.0 Å². The molecule has 0 aliphatic carbocycles. The second-order valence-corrected chi connectivity index (χ2v) is 15.5. The van der Waals surface area contributed by atoms with Crippen molar-refractivity contribution < 1.29 is 33.3 Å². The molecule has 66 heavy (non-hydrogen) atoms. The molecule has 1 aliphatic rings. The lowest BCUT2D eigenvalue weighted by Crippen LogP contribution is -2.52. The van der Waals surface area contributed by atoms with Gasteiger partial charge in [0.05, 0.1) is 57.4 Å². The second-order valence-electron chi connectivity index (χ2n) is 15.1. The van der Waals surface area contributed by atoms with E-state index in [1.54, 1.807) is 43.5 Å². The van der Waals surface area contributed by atoms with Gasteiger partial charge in [-0.05, 0) is 87.2 Å². The van der Waals surface area contributed by atoms with Crippen molar-refractivity contribution in [3.63, 3.8) is 0 Å². The minimum absolute atomic E-state index is 0.00330. The van der Waals surface area contributed by atoms with Gasteiger partial charge < -0.3 is 62.7 Å². The molecule has 2 unspecified atom stereocenters. The second kappa shape index (κ2) is 25.6. The highest BCUT2D eigenvalue weighted by atomic mass is 35.5. The van der Waals surface area contributed by atoms with E-state index in [0.717, 1.165) is 16.8 Å². The first-order valence-electron chi connectivity index (χ1n) is 21.4. The molecule has 0 fully saturated rings. The Morgan fingerprint density at radius 3 is 2.14 bits per heavy atom. The Hall–Kier alpha value is -6.81. The van der Waals surface area contributed by atoms with Gasteiger partial charge in [-0.15, -0.1) is 10.2 Å². The average Bonchev–Trinajstić information content (AvgIpc) is 3.62. The predicted octanol–water partition coefficient (Wildman–Crippen LogP) is 2.03. The number of anilines is 1. The van der Waals surface area contributed by atoms with Gasteiger partial charge in [-0.2, -0.15) is 0 Å². The number of nitrogens with one attached hydrogen (secondary N) is 7. The molecule has 0 saturated heterocycles. The normalized spacial score (nSPS) is 13.7. The number of methoxy groups -OCH3 is 1. The molecule has 5 rings (SSSR count). The standard InChI is InChI=1S/C44H59ClN14O7/c1-27-57-58-40-36(55-39(28-7-9-29(45)10-8-28)33-25-32(63-2)15-16-37(33)59(27)40)26-38(60)54-30-11-13-31(14-12-30)66-24-23-65-22-21-64-20-19-51-42(62)35(6-4-18-53-44(49)50)56-41(61)34(46)5-3-17-52-43(47)48/h7-16,25,34-36H,3-6,17-24,26,46H2,1-2H3,(H,51,62)(H,54,60)(H,56,61)(H4,47,48,52)(H4,49,50,53)/t34?,35?,36-/m0/s1. The summed E-state index contributed by atoms with van der Waals surface area (Å²) in [7, 11) is 1.61. The highest BCUT2D eigenvalue weighted by Crippen LogP contribution is 2.35. The van der Waals surface area contributed by atoms with Crippen molar-refractivity contribution in [3.8, 4) is 17.2 Å². The highest BCUT2D eigenvalue weighted by molar-refractivity contribution is 6.30. The average molecular weight is 931 g/mol. The number of nitrogens with two attached hydrogens (primary N) is 3. The van der Waals surface area contributed by atoms with Crippen LogP contribution < -0.4 is 53.3 Å². The molecule has 2 heterocycles. The smallest absolute Gasteiger partial charge is 0.242 e. The number of carbonyl (C=O) groups is 3. The number of carbonyl (C=O) groups excluding carboxylic acids is 3. The van der Waals surface area contributed by atoms with E-state index in [1.807, 2.05) is 41.8 Å². The van der Waals surface area contributed by atoms with Gasteiger partial charge in [-0.3, -0.25) is 34.8 Å². The van der Waals surface area contributed by atoms with E-state index >= 15 is 0 Å². The fourth-order valence-electron chi connectivity index (χ4n) is 6.86. The van der Waals surface area contributed by atoms with Gasteiger partial charge in [0.2, 0.25) is 17.7 Å². The first-order valence-corrected chi connectivity index (χ1v) is 21.8. The van der Waals surface area contributed by atoms with Crippen LogP contribution in [0.5, 0.6) is 11.5 Å². The Labute approximate surface area is 387 Å². The lowest BCUT2D eigenvalue weighted by molar-refractivity contribution is -0.130. The summed E-state index contributed by atoms with van der Waals surface area (Å²) in [5.41, 5.74) is 20.3. The Balaban J connectivity index is 1.02. The van der Waals surface area contributed by atoms with E-state index in [0.29, 0.717) is 85.1 Å². The molecule has 3 atom stereocenters. The first kappa shape index (κ1) is 50.2. The van der Waals surface area contributed by atoms with Crippen molar-refractivity contribution in [3.05, 3.63) is 94.5 Å². The number of hydrogen-bond acceptors (Lipinski definition) is 13. The molecular weight excluding hydrogens is 872 g/mol. The minimum Gasteiger partial charge on any atom is -0.497 e. The third kappa shape index (κ3) is 15.4. The maximum absolute atomic E-state index is 13.5. The molecule has 21 nitrogen and oxygen atoms in total. The van der Waals surface area contributed by atoms with Crippen molar-refractivity contribution in [2.24, 2.45) is 22.2 Å². The number of ether oxygens (including phenoxy) is 4. The fourth-order valence-corrected chi connectivity index (χ4v) is 6.99. The molecule has 13 N–H and O–H groups in total. The molecule has 3 aromatic carbocycles. The molecule has 0 saturated carbocycles. The number of benzene rings is 3. The van der Waals surface area contributed by atoms with E-state index in [9.17, 15) is 14.4 Å². The van der Waals surface area contributed by atoms with Crippen molar-refractivity contribution >= 4 is 52.6 Å². The van der Waals surface area contributed by atoms with E-state index in [1.165, 1.54) is 0 Å². The monoisotopic (exact) mass is 930 g/mol.